The van der Waals surface area contributed by atoms with Crippen LogP contribution < -0.4 is 15.4 Å². The molecular weight excluding hydrogens is 290 g/mol. The van der Waals surface area contributed by atoms with E-state index in [-0.39, 0.29) is 11.4 Å². The number of halogens is 2. The Balaban J connectivity index is 1.95. The summed E-state index contributed by atoms with van der Waals surface area (Å²) in [4.78, 5) is 11.8. The first kappa shape index (κ1) is 15.8. The van der Waals surface area contributed by atoms with Crippen LogP contribution in [0.3, 0.4) is 0 Å². The SMILES string of the molecule is Cc1cccc(CNC(=O)Nc2ccccc2OC(F)F)c1. The molecule has 2 rings (SSSR count). The van der Waals surface area contributed by atoms with Gasteiger partial charge in [-0.2, -0.15) is 8.78 Å². The summed E-state index contributed by atoms with van der Waals surface area (Å²) in [7, 11) is 0. The summed E-state index contributed by atoms with van der Waals surface area (Å²) < 4.78 is 28.9. The highest BCUT2D eigenvalue weighted by Crippen LogP contribution is 2.25. The van der Waals surface area contributed by atoms with Crippen molar-refractivity contribution in [2.45, 2.75) is 20.1 Å². The molecule has 0 aromatic heterocycles. The molecule has 0 fully saturated rings. The summed E-state index contributed by atoms with van der Waals surface area (Å²) in [6.07, 6.45) is 0. The Kier molecular flexibility index (Phi) is 5.30. The first-order valence-corrected chi connectivity index (χ1v) is 6.69. The van der Waals surface area contributed by atoms with Crippen LogP contribution >= 0.6 is 0 Å². The molecule has 0 saturated heterocycles. The van der Waals surface area contributed by atoms with Crippen LogP contribution in [0, 0.1) is 6.92 Å². The van der Waals surface area contributed by atoms with Gasteiger partial charge in [0.2, 0.25) is 0 Å². The highest BCUT2D eigenvalue weighted by Gasteiger charge is 2.11. The van der Waals surface area contributed by atoms with Crippen molar-refractivity contribution in [3.05, 3.63) is 59.7 Å². The molecule has 0 heterocycles. The Morgan fingerprint density at radius 1 is 1.18 bits per heavy atom. The number of carbonyl (C=O) groups is 1. The number of hydrogen-bond acceptors (Lipinski definition) is 2. The third-order valence-corrected chi connectivity index (χ3v) is 2.89. The highest BCUT2D eigenvalue weighted by atomic mass is 19.3. The molecule has 0 aliphatic rings. The van der Waals surface area contributed by atoms with E-state index in [2.05, 4.69) is 15.4 Å². The first-order chi connectivity index (χ1) is 10.5. The predicted octanol–water partition coefficient (Wildman–Crippen LogP) is 3.92. The van der Waals surface area contributed by atoms with Gasteiger partial charge in [0.05, 0.1) is 5.69 Å². The standard InChI is InChI=1S/C16H16F2N2O2/c1-11-5-4-6-12(9-11)10-19-16(21)20-13-7-2-3-8-14(13)22-15(17)18/h2-9,15H,10H2,1H3,(H2,19,20,21). The zero-order valence-corrected chi connectivity index (χ0v) is 12.0. The number of nitrogens with one attached hydrogen (secondary N) is 2. The number of para-hydroxylation sites is 2. The largest absolute Gasteiger partial charge is 0.433 e. The van der Waals surface area contributed by atoms with E-state index in [0.717, 1.165) is 11.1 Å². The van der Waals surface area contributed by atoms with E-state index >= 15 is 0 Å². The predicted molar refractivity (Wildman–Crippen MR) is 80.1 cm³/mol. The summed E-state index contributed by atoms with van der Waals surface area (Å²) in [5.41, 5.74) is 2.23. The zero-order valence-electron chi connectivity index (χ0n) is 12.0. The van der Waals surface area contributed by atoms with Crippen LogP contribution in [0.15, 0.2) is 48.5 Å². The summed E-state index contributed by atoms with van der Waals surface area (Å²) in [6, 6.07) is 13.2. The molecule has 0 saturated carbocycles. The van der Waals surface area contributed by atoms with Crippen molar-refractivity contribution < 1.29 is 18.3 Å². The molecule has 2 aromatic rings. The van der Waals surface area contributed by atoms with Crippen LogP contribution in [-0.2, 0) is 6.54 Å². The molecule has 0 spiro atoms. The van der Waals surface area contributed by atoms with Crippen molar-refractivity contribution >= 4 is 11.7 Å². The minimum Gasteiger partial charge on any atom is -0.433 e. The molecule has 0 bridgehead atoms. The summed E-state index contributed by atoms with van der Waals surface area (Å²) in [6.45, 7) is -0.648. The average molecular weight is 306 g/mol. The molecule has 4 nitrogen and oxygen atoms in total. The van der Waals surface area contributed by atoms with Crippen molar-refractivity contribution in [1.82, 2.24) is 5.32 Å². The molecule has 6 heteroatoms. The maximum atomic E-state index is 12.3. The molecular formula is C16H16F2N2O2. The molecule has 116 valence electrons. The maximum Gasteiger partial charge on any atom is 0.387 e. The maximum absolute atomic E-state index is 12.3. The number of anilines is 1. The van der Waals surface area contributed by atoms with E-state index < -0.39 is 12.6 Å². The third-order valence-electron chi connectivity index (χ3n) is 2.89. The number of ether oxygens (including phenoxy) is 1. The highest BCUT2D eigenvalue weighted by molar-refractivity contribution is 5.90. The average Bonchev–Trinajstić information content (AvgIpc) is 2.47. The van der Waals surface area contributed by atoms with Gasteiger partial charge in [0.15, 0.2) is 0 Å². The van der Waals surface area contributed by atoms with Gasteiger partial charge in [0.25, 0.3) is 0 Å². The van der Waals surface area contributed by atoms with E-state index in [9.17, 15) is 13.6 Å². The number of aryl methyl sites for hydroxylation is 1. The Morgan fingerprint density at radius 3 is 2.68 bits per heavy atom. The van der Waals surface area contributed by atoms with Crippen molar-refractivity contribution in [3.8, 4) is 5.75 Å². The van der Waals surface area contributed by atoms with Gasteiger partial charge in [0, 0.05) is 6.54 Å². The number of alkyl halides is 2. The fraction of sp³-hybridized carbons (Fsp3) is 0.188. The molecule has 2 N–H and O–H groups in total. The Labute approximate surface area is 127 Å². The second-order valence-corrected chi connectivity index (χ2v) is 4.67. The molecule has 0 radical (unpaired) electrons. The topological polar surface area (TPSA) is 50.4 Å². The van der Waals surface area contributed by atoms with Crippen LogP contribution in [0.2, 0.25) is 0 Å². The second-order valence-electron chi connectivity index (χ2n) is 4.67. The number of benzene rings is 2. The van der Waals surface area contributed by atoms with Gasteiger partial charge in [-0.25, -0.2) is 4.79 Å². The molecule has 0 aliphatic carbocycles. The van der Waals surface area contributed by atoms with Gasteiger partial charge in [-0.15, -0.1) is 0 Å². The molecule has 0 atom stereocenters. The van der Waals surface area contributed by atoms with Crippen molar-refractivity contribution in [1.29, 1.82) is 0 Å². The zero-order chi connectivity index (χ0) is 15.9. The fourth-order valence-electron chi connectivity index (χ4n) is 1.94. The normalized spacial score (nSPS) is 10.4. The lowest BCUT2D eigenvalue weighted by Crippen LogP contribution is -2.28. The first-order valence-electron chi connectivity index (χ1n) is 6.69. The van der Waals surface area contributed by atoms with Crippen LogP contribution in [0.4, 0.5) is 19.3 Å². The quantitative estimate of drug-likeness (QED) is 0.879. The van der Waals surface area contributed by atoms with Crippen molar-refractivity contribution in [2.24, 2.45) is 0 Å². The molecule has 22 heavy (non-hydrogen) atoms. The molecule has 0 aliphatic heterocycles. The van der Waals surface area contributed by atoms with Gasteiger partial charge in [0.1, 0.15) is 5.75 Å². The fourth-order valence-corrected chi connectivity index (χ4v) is 1.94. The van der Waals surface area contributed by atoms with Gasteiger partial charge >= 0.3 is 12.6 Å². The van der Waals surface area contributed by atoms with Gasteiger partial charge < -0.3 is 15.4 Å². The minimum atomic E-state index is -2.95. The van der Waals surface area contributed by atoms with Crippen LogP contribution in [-0.4, -0.2) is 12.6 Å². The lowest BCUT2D eigenvalue weighted by Gasteiger charge is -2.12. The van der Waals surface area contributed by atoms with Gasteiger partial charge in [-0.05, 0) is 24.6 Å². The van der Waals surface area contributed by atoms with E-state index in [0.29, 0.717) is 6.54 Å². The summed E-state index contributed by atoms with van der Waals surface area (Å²) in [5, 5.41) is 5.15. The van der Waals surface area contributed by atoms with Crippen LogP contribution in [0.5, 0.6) is 5.75 Å². The summed E-state index contributed by atoms with van der Waals surface area (Å²) >= 11 is 0. The van der Waals surface area contributed by atoms with Gasteiger partial charge in [-0.3, -0.25) is 0 Å². The summed E-state index contributed by atoms with van der Waals surface area (Å²) in [5.74, 6) is -0.0804. The van der Waals surface area contributed by atoms with E-state index in [1.807, 2.05) is 31.2 Å². The Bertz CT molecular complexity index is 648. The number of urea groups is 1. The van der Waals surface area contributed by atoms with Crippen LogP contribution in [0.1, 0.15) is 11.1 Å². The smallest absolute Gasteiger partial charge is 0.387 e. The number of amides is 2. The Hall–Kier alpha value is -2.63. The monoisotopic (exact) mass is 306 g/mol. The number of rotatable bonds is 5. The third kappa shape index (κ3) is 4.73. The van der Waals surface area contributed by atoms with Crippen molar-refractivity contribution in [2.75, 3.05) is 5.32 Å². The van der Waals surface area contributed by atoms with E-state index in [4.69, 9.17) is 0 Å². The minimum absolute atomic E-state index is 0.0804. The van der Waals surface area contributed by atoms with Crippen molar-refractivity contribution in [3.63, 3.8) is 0 Å². The Morgan fingerprint density at radius 2 is 1.95 bits per heavy atom. The molecule has 0 unspecified atom stereocenters. The lowest BCUT2D eigenvalue weighted by atomic mass is 10.1. The number of carbonyl (C=O) groups excluding carboxylic acids is 1. The number of hydrogen-bond donors (Lipinski definition) is 2. The van der Waals surface area contributed by atoms with Crippen LogP contribution in [0.25, 0.3) is 0 Å². The van der Waals surface area contributed by atoms with E-state index in [1.165, 1.54) is 12.1 Å². The van der Waals surface area contributed by atoms with E-state index in [1.54, 1.807) is 12.1 Å². The lowest BCUT2D eigenvalue weighted by molar-refractivity contribution is -0.0493. The molecule has 2 amide bonds. The van der Waals surface area contributed by atoms with Gasteiger partial charge in [-0.1, -0.05) is 42.0 Å². The molecule has 2 aromatic carbocycles. The second kappa shape index (κ2) is 7.40.